The smallest absolute Gasteiger partial charge is 0.343 e. The number of nitrogen functional groups attached to an aromatic ring is 1. The van der Waals surface area contributed by atoms with E-state index in [0.717, 1.165) is 0 Å². The molecule has 7 heteroatoms. The Labute approximate surface area is 112 Å². The van der Waals surface area contributed by atoms with Crippen molar-refractivity contribution >= 4 is 33.6 Å². The van der Waals surface area contributed by atoms with Crippen molar-refractivity contribution in [2.45, 2.75) is 0 Å². The number of hydrogen-bond donors (Lipinski definition) is 1. The van der Waals surface area contributed by atoms with Crippen molar-refractivity contribution < 1.29 is 23.8 Å². The van der Waals surface area contributed by atoms with Crippen LogP contribution in [0, 0.1) is 0 Å². The number of nitrogens with two attached hydrogens (primary N) is 1. The summed E-state index contributed by atoms with van der Waals surface area (Å²) >= 11 is 3.21. The summed E-state index contributed by atoms with van der Waals surface area (Å²) in [5, 5.41) is 0. The third-order valence-corrected chi connectivity index (χ3v) is 2.72. The molecule has 2 N–H and O–H groups in total. The van der Waals surface area contributed by atoms with Gasteiger partial charge in [-0.05, 0) is 28.1 Å². The Morgan fingerprint density at radius 1 is 1.28 bits per heavy atom. The van der Waals surface area contributed by atoms with Crippen LogP contribution < -0.4 is 10.5 Å². The molecule has 98 valence electrons. The van der Waals surface area contributed by atoms with Crippen LogP contribution in [0.3, 0.4) is 0 Å². The van der Waals surface area contributed by atoms with E-state index in [1.165, 1.54) is 20.3 Å². The first kappa shape index (κ1) is 14.3. The number of halogens is 1. The van der Waals surface area contributed by atoms with Crippen molar-refractivity contribution in [3.63, 3.8) is 0 Å². The molecule has 0 aliphatic rings. The first-order valence-corrected chi connectivity index (χ1v) is 5.66. The van der Waals surface area contributed by atoms with Gasteiger partial charge >= 0.3 is 11.9 Å². The summed E-state index contributed by atoms with van der Waals surface area (Å²) in [6, 6.07) is 3.13. The second kappa shape index (κ2) is 6.25. The third-order valence-electron chi connectivity index (χ3n) is 2.09. The zero-order chi connectivity index (χ0) is 13.7. The molecule has 0 unspecified atom stereocenters. The highest BCUT2D eigenvalue weighted by Crippen LogP contribution is 2.33. The fourth-order valence-electron chi connectivity index (χ4n) is 1.22. The van der Waals surface area contributed by atoms with E-state index in [-0.39, 0.29) is 23.6 Å². The van der Waals surface area contributed by atoms with E-state index in [1.807, 2.05) is 0 Å². The van der Waals surface area contributed by atoms with Gasteiger partial charge in [0.05, 0.1) is 18.7 Å². The van der Waals surface area contributed by atoms with Gasteiger partial charge in [0, 0.05) is 5.69 Å². The number of carbonyl (C=O) groups excluding carboxylic acids is 2. The lowest BCUT2D eigenvalue weighted by Gasteiger charge is -2.13. The zero-order valence-electron chi connectivity index (χ0n) is 9.86. The summed E-state index contributed by atoms with van der Waals surface area (Å²) in [4.78, 5) is 22.6. The number of anilines is 1. The van der Waals surface area contributed by atoms with E-state index in [2.05, 4.69) is 25.4 Å². The molecule has 0 fully saturated rings. The van der Waals surface area contributed by atoms with Gasteiger partial charge in [0.1, 0.15) is 5.56 Å². The Balaban J connectivity index is 3.11. The van der Waals surface area contributed by atoms with Gasteiger partial charge in [0.15, 0.2) is 12.4 Å². The number of benzene rings is 1. The lowest BCUT2D eigenvalue weighted by Crippen LogP contribution is -2.16. The van der Waals surface area contributed by atoms with Crippen LogP contribution in [-0.4, -0.2) is 32.8 Å². The first-order valence-electron chi connectivity index (χ1n) is 4.87. The first-order chi connectivity index (χ1) is 8.51. The Morgan fingerprint density at radius 2 is 1.94 bits per heavy atom. The van der Waals surface area contributed by atoms with E-state index in [9.17, 15) is 9.59 Å². The standard InChI is InChI=1S/C11H12BrNO5/c1-16-8(14)5-18-10-6(12)3-4-7(13)9(10)11(15)17-2/h3-4H,5,13H2,1-2H3. The molecule has 6 nitrogen and oxygen atoms in total. The molecule has 1 rings (SSSR count). The second-order valence-electron chi connectivity index (χ2n) is 3.20. The Hall–Kier alpha value is -1.76. The molecule has 1 aromatic rings. The Bertz CT molecular complexity index is 475. The molecule has 0 heterocycles. The zero-order valence-corrected chi connectivity index (χ0v) is 11.4. The molecule has 0 saturated heterocycles. The van der Waals surface area contributed by atoms with Crippen molar-refractivity contribution in [1.29, 1.82) is 0 Å². The Kier molecular flexibility index (Phi) is 4.96. The maximum Gasteiger partial charge on any atom is 0.343 e. The quantitative estimate of drug-likeness (QED) is 0.666. The molecule has 18 heavy (non-hydrogen) atoms. The molecule has 0 radical (unpaired) electrons. The van der Waals surface area contributed by atoms with Gasteiger partial charge < -0.3 is 19.9 Å². The minimum atomic E-state index is -0.645. The summed E-state index contributed by atoms with van der Waals surface area (Å²) in [5.41, 5.74) is 5.95. The highest BCUT2D eigenvalue weighted by Gasteiger charge is 2.20. The number of methoxy groups -OCH3 is 2. The van der Waals surface area contributed by atoms with Gasteiger partial charge in [0.2, 0.25) is 0 Å². The van der Waals surface area contributed by atoms with Crippen molar-refractivity contribution in [3.05, 3.63) is 22.2 Å². The minimum absolute atomic E-state index is 0.0655. The lowest BCUT2D eigenvalue weighted by atomic mass is 10.1. The van der Waals surface area contributed by atoms with Crippen molar-refractivity contribution in [2.24, 2.45) is 0 Å². The van der Waals surface area contributed by atoms with E-state index >= 15 is 0 Å². The monoisotopic (exact) mass is 317 g/mol. The predicted octanol–water partition coefficient (Wildman–Crippen LogP) is 1.37. The molecule has 0 amide bonds. The van der Waals surface area contributed by atoms with Crippen LogP contribution >= 0.6 is 15.9 Å². The topological polar surface area (TPSA) is 87.9 Å². The molecule has 0 bridgehead atoms. The highest BCUT2D eigenvalue weighted by molar-refractivity contribution is 9.10. The highest BCUT2D eigenvalue weighted by atomic mass is 79.9. The molecule has 0 aromatic heterocycles. The molecule has 0 aliphatic heterocycles. The van der Waals surface area contributed by atoms with Crippen molar-refractivity contribution in [1.82, 2.24) is 0 Å². The maximum atomic E-state index is 11.6. The van der Waals surface area contributed by atoms with Gasteiger partial charge in [-0.3, -0.25) is 0 Å². The van der Waals surface area contributed by atoms with E-state index in [4.69, 9.17) is 10.5 Å². The fourth-order valence-corrected chi connectivity index (χ4v) is 1.66. The van der Waals surface area contributed by atoms with Crippen molar-refractivity contribution in [3.8, 4) is 5.75 Å². The Morgan fingerprint density at radius 3 is 2.50 bits per heavy atom. The normalized spacial score (nSPS) is 9.72. The summed E-state index contributed by atoms with van der Waals surface area (Å²) < 4.78 is 14.8. The maximum absolute atomic E-state index is 11.6. The van der Waals surface area contributed by atoms with Crippen LogP contribution in [0.15, 0.2) is 16.6 Å². The summed E-state index contributed by atoms with van der Waals surface area (Å²) in [7, 11) is 2.47. The van der Waals surface area contributed by atoms with Gasteiger partial charge in [-0.1, -0.05) is 0 Å². The van der Waals surface area contributed by atoms with Gasteiger partial charge in [0.25, 0.3) is 0 Å². The predicted molar refractivity (Wildman–Crippen MR) is 67.4 cm³/mol. The molecular formula is C11H12BrNO5. The molecule has 0 atom stereocenters. The van der Waals surface area contributed by atoms with Crippen LogP contribution in [0.5, 0.6) is 5.75 Å². The average Bonchev–Trinajstić information content (AvgIpc) is 2.38. The molecule has 0 aliphatic carbocycles. The lowest BCUT2D eigenvalue weighted by molar-refractivity contribution is -0.142. The van der Waals surface area contributed by atoms with E-state index in [0.29, 0.717) is 4.47 Å². The molecule has 1 aromatic carbocycles. The molecule has 0 spiro atoms. The van der Waals surface area contributed by atoms with Crippen molar-refractivity contribution in [2.75, 3.05) is 26.6 Å². The average molecular weight is 318 g/mol. The summed E-state index contributed by atoms with van der Waals surface area (Å²) in [5.74, 6) is -1.07. The number of hydrogen-bond acceptors (Lipinski definition) is 6. The number of carbonyl (C=O) groups is 2. The van der Waals surface area contributed by atoms with Gasteiger partial charge in [-0.2, -0.15) is 0 Å². The second-order valence-corrected chi connectivity index (χ2v) is 4.05. The van der Waals surface area contributed by atoms with Crippen LogP contribution in [-0.2, 0) is 14.3 Å². The summed E-state index contributed by atoms with van der Waals surface area (Å²) in [6.45, 7) is -0.331. The third kappa shape index (κ3) is 3.13. The van der Waals surface area contributed by atoms with Crippen LogP contribution in [0.2, 0.25) is 0 Å². The van der Waals surface area contributed by atoms with Crippen LogP contribution in [0.25, 0.3) is 0 Å². The van der Waals surface area contributed by atoms with Crippen LogP contribution in [0.4, 0.5) is 5.69 Å². The number of ether oxygens (including phenoxy) is 3. The van der Waals surface area contributed by atoms with Gasteiger partial charge in [-0.25, -0.2) is 9.59 Å². The summed E-state index contributed by atoms with van der Waals surface area (Å²) in [6.07, 6.45) is 0. The SMILES string of the molecule is COC(=O)COc1c(Br)ccc(N)c1C(=O)OC. The minimum Gasteiger partial charge on any atom is -0.480 e. The van der Waals surface area contributed by atoms with E-state index in [1.54, 1.807) is 6.07 Å². The number of rotatable bonds is 4. The largest absolute Gasteiger partial charge is 0.480 e. The van der Waals surface area contributed by atoms with E-state index < -0.39 is 11.9 Å². The fraction of sp³-hybridized carbons (Fsp3) is 0.273. The number of esters is 2. The van der Waals surface area contributed by atoms with Gasteiger partial charge in [-0.15, -0.1) is 0 Å². The van der Waals surface area contributed by atoms with Crippen LogP contribution in [0.1, 0.15) is 10.4 Å². The molecular weight excluding hydrogens is 306 g/mol. The molecule has 0 saturated carbocycles.